The molecule has 42 heavy (non-hydrogen) atoms. The van der Waals surface area contributed by atoms with Gasteiger partial charge in [0.15, 0.2) is 0 Å². The first-order chi connectivity index (χ1) is 19.7. The second-order valence-electron chi connectivity index (χ2n) is 8.74. The van der Waals surface area contributed by atoms with E-state index in [2.05, 4.69) is 14.9 Å². The van der Waals surface area contributed by atoms with Crippen LogP contribution in [0.25, 0.3) is 0 Å². The summed E-state index contributed by atoms with van der Waals surface area (Å²) in [5.41, 5.74) is -0.755. The van der Waals surface area contributed by atoms with Crippen molar-refractivity contribution in [1.29, 1.82) is 0 Å². The molecule has 16 heteroatoms. The Hall–Kier alpha value is -4.53. The summed E-state index contributed by atoms with van der Waals surface area (Å²) in [4.78, 5) is 32.0. The van der Waals surface area contributed by atoms with Crippen molar-refractivity contribution >= 4 is 17.6 Å². The molecule has 0 atom stereocenters. The average molecular weight is 617 g/mol. The van der Waals surface area contributed by atoms with Crippen LogP contribution in [0.5, 0.6) is 17.5 Å². The van der Waals surface area contributed by atoms with Gasteiger partial charge in [-0.3, -0.25) is 9.48 Å². The second kappa shape index (κ2) is 12.1. The third-order valence-corrected chi connectivity index (χ3v) is 5.85. The minimum Gasteiger partial charge on any atom is -0.462 e. The molecule has 0 N–H and O–H groups in total. The first kappa shape index (κ1) is 30.4. The van der Waals surface area contributed by atoms with Gasteiger partial charge in [0.1, 0.15) is 11.5 Å². The van der Waals surface area contributed by atoms with Gasteiger partial charge in [0.25, 0.3) is 5.56 Å². The first-order valence-electron chi connectivity index (χ1n) is 11.8. The van der Waals surface area contributed by atoms with Crippen LogP contribution < -0.4 is 19.9 Å². The number of carbonyl (C=O) groups is 1. The van der Waals surface area contributed by atoms with Crippen LogP contribution in [0, 0.1) is 0 Å². The summed E-state index contributed by atoms with van der Waals surface area (Å²) in [7, 11) is 1.63. The van der Waals surface area contributed by atoms with Gasteiger partial charge < -0.3 is 14.3 Å². The van der Waals surface area contributed by atoms with Crippen LogP contribution in [0.4, 0.5) is 26.3 Å². The fourth-order valence-electron chi connectivity index (χ4n) is 3.57. The minimum atomic E-state index is -5.33. The van der Waals surface area contributed by atoms with Crippen LogP contribution in [-0.4, -0.2) is 38.2 Å². The summed E-state index contributed by atoms with van der Waals surface area (Å²) >= 11 is 5.61. The lowest BCUT2D eigenvalue weighted by Gasteiger charge is -2.14. The number of benzene rings is 2. The standard InChI is InChI=1S/C26H19ClF6N4O5/c1-36-13-16(12-34-36)10-17-14-37(42-23(39)26(31,32)33)24(35-22(17)38)40-9-8-15-2-4-18(5-3-15)41-19-6-7-21(27)20(11-19)25(28,29)30/h2-7,11-14H,8-10H2,1H3. The Morgan fingerprint density at radius 2 is 1.67 bits per heavy atom. The van der Waals surface area contributed by atoms with E-state index in [0.717, 1.165) is 18.3 Å². The van der Waals surface area contributed by atoms with Gasteiger partial charge >= 0.3 is 24.3 Å². The predicted octanol–water partition coefficient (Wildman–Crippen LogP) is 5.17. The summed E-state index contributed by atoms with van der Waals surface area (Å²) in [5, 5.41) is 3.48. The highest BCUT2D eigenvalue weighted by Crippen LogP contribution is 2.37. The Labute approximate surface area is 237 Å². The number of nitrogens with zero attached hydrogens (tertiary/aromatic N) is 4. The van der Waals surface area contributed by atoms with Crippen molar-refractivity contribution < 1.29 is 45.4 Å². The molecule has 0 saturated heterocycles. The number of aryl methyl sites for hydroxylation is 1. The Balaban J connectivity index is 1.44. The number of alkyl halides is 6. The normalized spacial score (nSPS) is 11.8. The van der Waals surface area contributed by atoms with E-state index in [-0.39, 0.29) is 36.5 Å². The third-order valence-electron chi connectivity index (χ3n) is 5.52. The molecule has 4 rings (SSSR count). The van der Waals surface area contributed by atoms with Gasteiger partial charge in [-0.25, -0.2) is 4.79 Å². The molecule has 2 aromatic carbocycles. The van der Waals surface area contributed by atoms with Gasteiger partial charge in [0.2, 0.25) is 0 Å². The van der Waals surface area contributed by atoms with Gasteiger partial charge in [-0.05, 0) is 41.5 Å². The molecule has 0 radical (unpaired) electrons. The third kappa shape index (κ3) is 7.81. The molecule has 0 aliphatic carbocycles. The summed E-state index contributed by atoms with van der Waals surface area (Å²) < 4.78 is 90.4. The number of ether oxygens (including phenoxy) is 2. The van der Waals surface area contributed by atoms with Crippen molar-refractivity contribution in [2.24, 2.45) is 7.05 Å². The van der Waals surface area contributed by atoms with Crippen molar-refractivity contribution in [3.05, 3.63) is 98.7 Å². The fraction of sp³-hybridized carbons (Fsp3) is 0.231. The Morgan fingerprint density at radius 3 is 2.29 bits per heavy atom. The van der Waals surface area contributed by atoms with E-state index in [0.29, 0.717) is 15.9 Å². The summed E-state index contributed by atoms with van der Waals surface area (Å²) in [6, 6.07) is 8.52. The molecule has 0 amide bonds. The summed E-state index contributed by atoms with van der Waals surface area (Å²) in [5.74, 6) is -2.43. The van der Waals surface area contributed by atoms with Crippen molar-refractivity contribution in [3.8, 4) is 17.5 Å². The van der Waals surface area contributed by atoms with Crippen molar-refractivity contribution in [1.82, 2.24) is 19.5 Å². The monoisotopic (exact) mass is 616 g/mol. The number of hydrogen-bond donors (Lipinski definition) is 0. The van der Waals surface area contributed by atoms with E-state index >= 15 is 0 Å². The van der Waals surface area contributed by atoms with E-state index in [1.165, 1.54) is 29.1 Å². The quantitative estimate of drug-likeness (QED) is 0.239. The van der Waals surface area contributed by atoms with E-state index in [1.807, 2.05) is 0 Å². The van der Waals surface area contributed by atoms with Gasteiger partial charge in [-0.1, -0.05) is 23.7 Å². The Kier molecular flexibility index (Phi) is 8.80. The molecule has 4 aromatic rings. The molecular formula is C26H19ClF6N4O5. The highest BCUT2D eigenvalue weighted by atomic mass is 35.5. The number of aromatic nitrogens is 4. The predicted molar refractivity (Wildman–Crippen MR) is 134 cm³/mol. The first-order valence-corrected chi connectivity index (χ1v) is 12.2. The molecule has 0 fully saturated rings. The van der Waals surface area contributed by atoms with Crippen LogP contribution in [0.3, 0.4) is 0 Å². The second-order valence-corrected chi connectivity index (χ2v) is 9.15. The average Bonchev–Trinajstić information content (AvgIpc) is 3.31. The maximum Gasteiger partial charge on any atom is 0.493 e. The van der Waals surface area contributed by atoms with Crippen molar-refractivity contribution in [2.75, 3.05) is 6.61 Å². The van der Waals surface area contributed by atoms with Crippen molar-refractivity contribution in [3.63, 3.8) is 0 Å². The molecule has 0 spiro atoms. The lowest BCUT2D eigenvalue weighted by molar-refractivity contribution is -0.200. The SMILES string of the molecule is Cn1cc(Cc2cn(OC(=O)C(F)(F)F)c(OCCc3ccc(Oc4ccc(Cl)c(C(F)(F)F)c4)cc3)nc2=O)cn1. The zero-order valence-corrected chi connectivity index (χ0v) is 22.1. The molecular weight excluding hydrogens is 598 g/mol. The van der Waals surface area contributed by atoms with E-state index in [1.54, 1.807) is 25.4 Å². The zero-order chi connectivity index (χ0) is 30.7. The molecule has 0 bridgehead atoms. The lowest BCUT2D eigenvalue weighted by atomic mass is 10.1. The Bertz CT molecular complexity index is 1630. The summed E-state index contributed by atoms with van der Waals surface area (Å²) in [6.07, 6.45) is -5.97. The smallest absolute Gasteiger partial charge is 0.462 e. The van der Waals surface area contributed by atoms with E-state index < -0.39 is 40.5 Å². The number of halogens is 7. The molecule has 2 aromatic heterocycles. The maximum atomic E-state index is 13.1. The molecule has 0 unspecified atom stereocenters. The highest BCUT2D eigenvalue weighted by molar-refractivity contribution is 6.31. The van der Waals surface area contributed by atoms with Crippen LogP contribution >= 0.6 is 11.6 Å². The van der Waals surface area contributed by atoms with Crippen molar-refractivity contribution in [2.45, 2.75) is 25.2 Å². The molecule has 222 valence electrons. The van der Waals surface area contributed by atoms with Gasteiger partial charge in [0, 0.05) is 31.6 Å². The topological polar surface area (TPSA) is 97.5 Å². The van der Waals surface area contributed by atoms with E-state index in [4.69, 9.17) is 21.1 Å². The molecule has 0 aliphatic rings. The minimum absolute atomic E-state index is 0.0501. The van der Waals surface area contributed by atoms with Crippen LogP contribution in [-0.2, 0) is 30.9 Å². The highest BCUT2D eigenvalue weighted by Gasteiger charge is 2.42. The lowest BCUT2D eigenvalue weighted by Crippen LogP contribution is -2.35. The van der Waals surface area contributed by atoms with Crippen LogP contribution in [0.1, 0.15) is 22.3 Å². The molecule has 0 aliphatic heterocycles. The van der Waals surface area contributed by atoms with E-state index in [9.17, 15) is 35.9 Å². The number of carbonyl (C=O) groups excluding carboxylic acids is 1. The fourth-order valence-corrected chi connectivity index (χ4v) is 3.80. The molecule has 9 nitrogen and oxygen atoms in total. The van der Waals surface area contributed by atoms with Gasteiger partial charge in [-0.2, -0.15) is 36.4 Å². The van der Waals surface area contributed by atoms with Gasteiger partial charge in [-0.15, -0.1) is 4.73 Å². The van der Waals surface area contributed by atoms with Gasteiger partial charge in [0.05, 0.1) is 29.6 Å². The van der Waals surface area contributed by atoms with Crippen LogP contribution in [0.15, 0.2) is 65.8 Å². The summed E-state index contributed by atoms with van der Waals surface area (Å²) in [6.45, 7) is -0.204. The zero-order valence-electron chi connectivity index (χ0n) is 21.4. The Morgan fingerprint density at radius 1 is 0.976 bits per heavy atom. The molecule has 2 heterocycles. The maximum absolute atomic E-state index is 13.1. The van der Waals surface area contributed by atoms with Crippen LogP contribution in [0.2, 0.25) is 5.02 Å². The largest absolute Gasteiger partial charge is 0.493 e. The molecule has 0 saturated carbocycles. The number of rotatable bonds is 9. The number of hydrogen-bond acceptors (Lipinski definition) is 7.